The van der Waals surface area contributed by atoms with Crippen molar-refractivity contribution < 1.29 is 0 Å². The van der Waals surface area contributed by atoms with Crippen molar-refractivity contribution in [3.63, 3.8) is 0 Å². The molecule has 2 heterocycles. The molecule has 0 fully saturated rings. The predicted octanol–water partition coefficient (Wildman–Crippen LogP) is 14.1. The minimum absolute atomic E-state index is 0.608. The van der Waals surface area contributed by atoms with Gasteiger partial charge in [0, 0.05) is 33.4 Å². The van der Waals surface area contributed by atoms with Crippen LogP contribution in [0.4, 0.5) is 0 Å². The third kappa shape index (κ3) is 7.92. The Balaban J connectivity index is 1.10. The first-order chi connectivity index (χ1) is 30.6. The Hall–Kier alpha value is -8.59. The molecule has 0 amide bonds. The molecule has 0 bridgehead atoms. The van der Waals surface area contributed by atoms with E-state index in [4.69, 9.17) is 19.9 Å². The van der Waals surface area contributed by atoms with Crippen LogP contribution in [0, 0.1) is 11.3 Å². The fraction of sp³-hybridized carbons (Fsp3) is 0. The van der Waals surface area contributed by atoms with E-state index in [1.54, 1.807) is 0 Å². The van der Waals surface area contributed by atoms with Crippen molar-refractivity contribution in [2.24, 2.45) is 0 Å². The van der Waals surface area contributed by atoms with E-state index in [1.165, 1.54) is 0 Å². The van der Waals surface area contributed by atoms with E-state index in [1.807, 2.05) is 115 Å². The summed E-state index contributed by atoms with van der Waals surface area (Å²) in [6.45, 7) is 0. The molecular weight excluding hydrogens is 755 g/mol. The van der Waals surface area contributed by atoms with E-state index in [-0.39, 0.29) is 0 Å². The third-order valence-electron chi connectivity index (χ3n) is 10.9. The van der Waals surface area contributed by atoms with Crippen LogP contribution in [-0.4, -0.2) is 19.9 Å². The fourth-order valence-electron chi connectivity index (χ4n) is 7.81. The molecule has 0 saturated heterocycles. The van der Waals surface area contributed by atoms with Crippen molar-refractivity contribution in [3.05, 3.63) is 230 Å². The molecule has 0 saturated carbocycles. The molecule has 0 spiro atoms. The highest BCUT2D eigenvalue weighted by molar-refractivity contribution is 5.89. The summed E-state index contributed by atoms with van der Waals surface area (Å²) in [6.07, 6.45) is 0. The van der Waals surface area contributed by atoms with E-state index in [0.29, 0.717) is 17.2 Å². The molecule has 10 aromatic rings. The van der Waals surface area contributed by atoms with Crippen molar-refractivity contribution in [2.45, 2.75) is 0 Å². The summed E-state index contributed by atoms with van der Waals surface area (Å²) in [5.74, 6) is 1.34. The lowest BCUT2D eigenvalue weighted by Gasteiger charge is -2.15. The van der Waals surface area contributed by atoms with E-state index in [0.717, 1.165) is 89.5 Å². The van der Waals surface area contributed by atoms with Crippen LogP contribution >= 0.6 is 0 Å². The zero-order chi connectivity index (χ0) is 41.7. The van der Waals surface area contributed by atoms with Gasteiger partial charge in [-0.3, -0.25) is 0 Å². The summed E-state index contributed by atoms with van der Waals surface area (Å²) in [7, 11) is 0. The highest BCUT2D eigenvalue weighted by Crippen LogP contribution is 2.39. The van der Waals surface area contributed by atoms with Gasteiger partial charge in [-0.25, -0.2) is 19.9 Å². The number of hydrogen-bond donors (Lipinski definition) is 0. The molecule has 0 radical (unpaired) electrons. The van der Waals surface area contributed by atoms with Crippen LogP contribution in [0.1, 0.15) is 5.56 Å². The molecule has 290 valence electrons. The maximum Gasteiger partial charge on any atom is 0.160 e. The average molecular weight is 792 g/mol. The largest absolute Gasteiger partial charge is 0.228 e. The van der Waals surface area contributed by atoms with Gasteiger partial charge >= 0.3 is 0 Å². The minimum Gasteiger partial charge on any atom is -0.228 e. The Morgan fingerprint density at radius 3 is 1.13 bits per heavy atom. The Bertz CT molecular complexity index is 3120. The zero-order valence-corrected chi connectivity index (χ0v) is 33.6. The second kappa shape index (κ2) is 16.9. The van der Waals surface area contributed by atoms with Crippen LogP contribution in [0.3, 0.4) is 0 Å². The van der Waals surface area contributed by atoms with E-state index < -0.39 is 0 Å². The van der Waals surface area contributed by atoms with E-state index in [2.05, 4.69) is 115 Å². The Morgan fingerprint density at radius 1 is 0.258 bits per heavy atom. The first-order valence-corrected chi connectivity index (χ1v) is 20.5. The molecule has 0 aliphatic heterocycles. The maximum absolute atomic E-state index is 9.87. The molecule has 0 unspecified atom stereocenters. The number of hydrogen-bond acceptors (Lipinski definition) is 5. The molecule has 2 aromatic heterocycles. The van der Waals surface area contributed by atoms with Gasteiger partial charge in [0.05, 0.1) is 34.4 Å². The van der Waals surface area contributed by atoms with Gasteiger partial charge in [-0.15, -0.1) is 0 Å². The number of benzene rings is 8. The summed E-state index contributed by atoms with van der Waals surface area (Å²) in [5.41, 5.74) is 16.0. The van der Waals surface area contributed by atoms with Crippen LogP contribution in [0.5, 0.6) is 0 Å². The number of nitrogens with zero attached hydrogens (tertiary/aromatic N) is 5. The summed E-state index contributed by atoms with van der Waals surface area (Å²) in [5, 5.41) is 9.87. The highest BCUT2D eigenvalue weighted by Gasteiger charge is 2.16. The number of aromatic nitrogens is 4. The average Bonchev–Trinajstić information content (AvgIpc) is 3.37. The fourth-order valence-corrected chi connectivity index (χ4v) is 7.81. The van der Waals surface area contributed by atoms with Crippen molar-refractivity contribution in [3.8, 4) is 107 Å². The lowest BCUT2D eigenvalue weighted by Crippen LogP contribution is -1.96. The van der Waals surface area contributed by atoms with Gasteiger partial charge in [-0.05, 0) is 75.8 Å². The van der Waals surface area contributed by atoms with Crippen molar-refractivity contribution in [1.29, 1.82) is 5.26 Å². The Labute approximate surface area is 361 Å². The highest BCUT2D eigenvalue weighted by atomic mass is 14.9. The van der Waals surface area contributed by atoms with Crippen molar-refractivity contribution in [1.82, 2.24) is 19.9 Å². The first-order valence-electron chi connectivity index (χ1n) is 20.5. The van der Waals surface area contributed by atoms with Gasteiger partial charge in [0.1, 0.15) is 0 Å². The van der Waals surface area contributed by atoms with Crippen molar-refractivity contribution in [2.75, 3.05) is 0 Å². The third-order valence-corrected chi connectivity index (χ3v) is 10.9. The Morgan fingerprint density at radius 2 is 0.629 bits per heavy atom. The molecule has 0 atom stereocenters. The molecule has 5 heteroatoms. The van der Waals surface area contributed by atoms with Crippen molar-refractivity contribution >= 4 is 0 Å². The number of nitriles is 1. The molecule has 62 heavy (non-hydrogen) atoms. The van der Waals surface area contributed by atoms with Gasteiger partial charge in [0.15, 0.2) is 11.6 Å². The quantitative estimate of drug-likeness (QED) is 0.145. The van der Waals surface area contributed by atoms with E-state index >= 15 is 0 Å². The van der Waals surface area contributed by atoms with Gasteiger partial charge in [-0.1, -0.05) is 182 Å². The Kier molecular flexibility index (Phi) is 10.3. The molecule has 0 aliphatic carbocycles. The monoisotopic (exact) mass is 791 g/mol. The smallest absolute Gasteiger partial charge is 0.160 e. The van der Waals surface area contributed by atoms with Gasteiger partial charge < -0.3 is 0 Å². The van der Waals surface area contributed by atoms with Crippen LogP contribution in [0.25, 0.3) is 101 Å². The van der Waals surface area contributed by atoms with Crippen LogP contribution in [-0.2, 0) is 0 Å². The molecule has 10 rings (SSSR count). The summed E-state index contributed by atoms with van der Waals surface area (Å²) >= 11 is 0. The SMILES string of the molecule is N#Cc1cccc(-c2ccc(-c3cccc(-c4cc(-c5ccccc5)nc(-c5ccccc5)n4)c3)cc2-c2cccc(-c3cc(-c4ccccc4)nc(-c4ccccc4)n3)c2)c1. The first kappa shape index (κ1) is 37.7. The standard InChI is InChI=1S/C57H37N5/c58-38-39-16-13-26-46(32-39)50-31-30-45(44-25-14-28-48(33-44)54-36-52(40-17-5-1-6-18-40)59-56(61-54)42-21-9-3-10-22-42)35-51(50)47-27-15-29-49(34-47)55-37-53(41-19-7-2-8-20-41)60-57(62-55)43-23-11-4-12-24-43/h1-37H. The van der Waals surface area contributed by atoms with Gasteiger partial charge in [0.25, 0.3) is 0 Å². The summed E-state index contributed by atoms with van der Waals surface area (Å²) in [4.78, 5) is 20.3. The second-order valence-electron chi connectivity index (χ2n) is 15.0. The lowest BCUT2D eigenvalue weighted by molar-refractivity contribution is 1.18. The molecular formula is C57H37N5. The molecule has 0 N–H and O–H groups in total. The van der Waals surface area contributed by atoms with Gasteiger partial charge in [0.2, 0.25) is 0 Å². The normalized spacial score (nSPS) is 10.9. The lowest BCUT2D eigenvalue weighted by atomic mass is 9.89. The summed E-state index contributed by atoms with van der Waals surface area (Å²) < 4.78 is 0. The van der Waals surface area contributed by atoms with Crippen LogP contribution in [0.2, 0.25) is 0 Å². The van der Waals surface area contributed by atoms with Crippen LogP contribution in [0.15, 0.2) is 224 Å². The minimum atomic E-state index is 0.608. The maximum atomic E-state index is 9.87. The summed E-state index contributed by atoms with van der Waals surface area (Å²) in [6, 6.07) is 78.6. The molecule has 5 nitrogen and oxygen atoms in total. The van der Waals surface area contributed by atoms with E-state index in [9.17, 15) is 5.26 Å². The molecule has 0 aliphatic rings. The zero-order valence-electron chi connectivity index (χ0n) is 33.6. The second-order valence-corrected chi connectivity index (χ2v) is 15.0. The van der Waals surface area contributed by atoms with Gasteiger partial charge in [-0.2, -0.15) is 5.26 Å². The number of rotatable bonds is 9. The topological polar surface area (TPSA) is 75.3 Å². The predicted molar refractivity (Wildman–Crippen MR) is 251 cm³/mol. The van der Waals surface area contributed by atoms with Crippen LogP contribution < -0.4 is 0 Å². The molecule has 8 aromatic carbocycles.